The van der Waals surface area contributed by atoms with Gasteiger partial charge in [0.25, 0.3) is 0 Å². The fourth-order valence-electron chi connectivity index (χ4n) is 0. The van der Waals surface area contributed by atoms with Gasteiger partial charge in [0, 0.05) is 0 Å². The van der Waals surface area contributed by atoms with Crippen LogP contribution in [0.4, 0.5) is 0 Å². The van der Waals surface area contributed by atoms with Gasteiger partial charge in [0.15, 0.2) is 0 Å². The summed E-state index contributed by atoms with van der Waals surface area (Å²) in [6.45, 7) is 0. The number of hydrogen-bond acceptors (Lipinski definition) is 6. The Kier molecular flexibility index (Phi) is 35.9. The summed E-state index contributed by atoms with van der Waals surface area (Å²) < 4.78 is 0. The van der Waals surface area contributed by atoms with Crippen molar-refractivity contribution in [1.82, 2.24) is 0 Å². The Hall–Kier alpha value is -0.340. The minimum Gasteiger partial charge on any atom is -0.356 e. The Morgan fingerprint density at radius 3 is 0.800 bits per heavy atom. The Morgan fingerprint density at radius 2 is 0.800 bits per heavy atom. The van der Waals surface area contributed by atoms with Gasteiger partial charge in [0.05, 0.1) is 10.2 Å². The van der Waals surface area contributed by atoms with E-state index in [1.165, 1.54) is 0 Å². The van der Waals surface area contributed by atoms with Crippen LogP contribution < -0.4 is 0 Å². The third-order valence-corrected chi connectivity index (χ3v) is 0. The van der Waals surface area contributed by atoms with Gasteiger partial charge >= 0.3 is 39.5 Å². The molecule has 10 heavy (non-hydrogen) atoms. The molecule has 0 aromatic rings. The second-order valence-electron chi connectivity index (χ2n) is 0.447. The Morgan fingerprint density at radius 1 is 0.800 bits per heavy atom. The van der Waals surface area contributed by atoms with Gasteiger partial charge in [-0.05, 0) is 0 Å². The summed E-state index contributed by atoms with van der Waals surface area (Å²) in [6, 6.07) is 0. The standard InChI is InChI=1S/Mg.2NO3.Ni/c;2*2-1(3)4;/q+2;2*-1;+2. The molecule has 0 aromatic carbocycles. The fraction of sp³-hybridized carbons (Fsp3) is 0. The summed E-state index contributed by atoms with van der Waals surface area (Å²) in [5.41, 5.74) is 0. The van der Waals surface area contributed by atoms with Crippen molar-refractivity contribution >= 4 is 23.1 Å². The molecule has 0 aromatic heterocycles. The molecular weight excluding hydrogens is 207 g/mol. The van der Waals surface area contributed by atoms with Crippen LogP contribution in [0.3, 0.4) is 0 Å². The molecule has 0 aliphatic carbocycles. The first kappa shape index (κ1) is 22.6. The minimum absolute atomic E-state index is 0. The van der Waals surface area contributed by atoms with E-state index in [9.17, 15) is 0 Å². The second kappa shape index (κ2) is 15.9. The topological polar surface area (TPSA) is 132 Å². The molecule has 0 aliphatic rings. The average molecular weight is 207 g/mol. The first-order chi connectivity index (χ1) is 3.46. The molecule has 0 atom stereocenters. The summed E-state index contributed by atoms with van der Waals surface area (Å²) in [4.78, 5) is 16.5. The van der Waals surface area contributed by atoms with Crippen molar-refractivity contribution in [3.8, 4) is 0 Å². The summed E-state index contributed by atoms with van der Waals surface area (Å²) in [5, 5.41) is 29.5. The van der Waals surface area contributed by atoms with Gasteiger partial charge in [0.1, 0.15) is 0 Å². The van der Waals surface area contributed by atoms with Gasteiger partial charge in [-0.15, -0.1) is 0 Å². The van der Waals surface area contributed by atoms with Crippen LogP contribution in [0.1, 0.15) is 0 Å². The molecular formula is MgN2NiO6+2. The maximum atomic E-state index is 8.25. The third kappa shape index (κ3) is 2930. The summed E-state index contributed by atoms with van der Waals surface area (Å²) >= 11 is 0. The van der Waals surface area contributed by atoms with E-state index in [0.29, 0.717) is 0 Å². The van der Waals surface area contributed by atoms with Crippen LogP contribution in [0.2, 0.25) is 0 Å². The van der Waals surface area contributed by atoms with Crippen molar-refractivity contribution in [3.05, 3.63) is 30.6 Å². The van der Waals surface area contributed by atoms with E-state index in [2.05, 4.69) is 0 Å². The van der Waals surface area contributed by atoms with Crippen LogP contribution in [-0.2, 0) is 16.5 Å². The van der Waals surface area contributed by atoms with Crippen molar-refractivity contribution in [2.75, 3.05) is 0 Å². The molecule has 0 unspecified atom stereocenters. The normalized spacial score (nSPS) is 4.80. The van der Waals surface area contributed by atoms with Crippen molar-refractivity contribution in [1.29, 1.82) is 0 Å². The average Bonchev–Trinajstić information content (AvgIpc) is 1.25. The zero-order chi connectivity index (χ0) is 7.15. The van der Waals surface area contributed by atoms with Crippen molar-refractivity contribution < 1.29 is 26.7 Å². The predicted octanol–water partition coefficient (Wildman–Crippen LogP) is -0.862. The van der Waals surface area contributed by atoms with Crippen molar-refractivity contribution in [3.63, 3.8) is 0 Å². The SMILES string of the molecule is O=[N+]([O-])[O-].O=[N+]([O-])[O-].[Mg+2].[Ni+2]. The van der Waals surface area contributed by atoms with E-state index < -0.39 is 10.2 Å². The van der Waals surface area contributed by atoms with E-state index in [1.807, 2.05) is 0 Å². The van der Waals surface area contributed by atoms with Crippen molar-refractivity contribution in [2.45, 2.75) is 0 Å². The van der Waals surface area contributed by atoms with Crippen LogP contribution in [0, 0.1) is 30.6 Å². The molecule has 8 nitrogen and oxygen atoms in total. The molecule has 0 heterocycles. The smallest absolute Gasteiger partial charge is 0.356 e. The molecule has 0 spiro atoms. The Labute approximate surface area is 80.5 Å². The van der Waals surface area contributed by atoms with Gasteiger partial charge in [-0.3, -0.25) is 0 Å². The molecule has 0 saturated heterocycles. The van der Waals surface area contributed by atoms with E-state index in [0.717, 1.165) is 0 Å². The van der Waals surface area contributed by atoms with Crippen LogP contribution in [0.15, 0.2) is 0 Å². The Balaban J connectivity index is -0.0000000300. The van der Waals surface area contributed by atoms with Crippen LogP contribution in [0.5, 0.6) is 0 Å². The number of nitrogens with zero attached hydrogens (tertiary/aromatic N) is 2. The second-order valence-corrected chi connectivity index (χ2v) is 0.447. The zero-order valence-electron chi connectivity index (χ0n) is 4.37. The first-order valence-electron chi connectivity index (χ1n) is 1.10. The number of rotatable bonds is 0. The molecule has 10 heteroatoms. The van der Waals surface area contributed by atoms with E-state index in [4.69, 9.17) is 30.6 Å². The molecule has 56 valence electrons. The van der Waals surface area contributed by atoms with E-state index in [-0.39, 0.29) is 39.5 Å². The van der Waals surface area contributed by atoms with Crippen LogP contribution >= 0.6 is 0 Å². The predicted molar refractivity (Wildman–Crippen MR) is 26.5 cm³/mol. The molecule has 0 amide bonds. The quantitative estimate of drug-likeness (QED) is 0.288. The van der Waals surface area contributed by atoms with Gasteiger partial charge in [-0.1, -0.05) is 0 Å². The molecule has 0 aliphatic heterocycles. The third-order valence-electron chi connectivity index (χ3n) is 0. The molecule has 0 fully saturated rings. The van der Waals surface area contributed by atoms with Crippen LogP contribution in [0.25, 0.3) is 0 Å². The molecule has 0 N–H and O–H groups in total. The van der Waals surface area contributed by atoms with Gasteiger partial charge < -0.3 is 30.6 Å². The zero-order valence-corrected chi connectivity index (χ0v) is 6.77. The molecule has 0 radical (unpaired) electrons. The number of hydrogen-bond donors (Lipinski definition) is 0. The van der Waals surface area contributed by atoms with E-state index >= 15 is 0 Å². The first-order valence-corrected chi connectivity index (χ1v) is 1.10. The molecule has 0 bridgehead atoms. The molecule has 0 rings (SSSR count). The summed E-state index contributed by atoms with van der Waals surface area (Å²) in [5.74, 6) is 0. The van der Waals surface area contributed by atoms with Gasteiger partial charge in [0.2, 0.25) is 0 Å². The van der Waals surface area contributed by atoms with Gasteiger partial charge in [-0.2, -0.15) is 0 Å². The van der Waals surface area contributed by atoms with Gasteiger partial charge in [-0.25, -0.2) is 0 Å². The fourth-order valence-corrected chi connectivity index (χ4v) is 0. The van der Waals surface area contributed by atoms with Crippen molar-refractivity contribution in [2.24, 2.45) is 0 Å². The molecule has 0 saturated carbocycles. The summed E-state index contributed by atoms with van der Waals surface area (Å²) in [7, 11) is 0. The minimum atomic E-state index is -1.75. The van der Waals surface area contributed by atoms with Crippen LogP contribution in [-0.4, -0.2) is 33.2 Å². The Bertz CT molecular complexity index is 73.7. The summed E-state index contributed by atoms with van der Waals surface area (Å²) in [6.07, 6.45) is 0. The monoisotopic (exact) mass is 206 g/mol. The largest absolute Gasteiger partial charge is 2.00 e. The van der Waals surface area contributed by atoms with E-state index in [1.54, 1.807) is 0 Å². The maximum Gasteiger partial charge on any atom is 2.00 e. The maximum absolute atomic E-state index is 8.25.